The van der Waals surface area contributed by atoms with Crippen LogP contribution in [0.25, 0.3) is 0 Å². The van der Waals surface area contributed by atoms with Gasteiger partial charge in [-0.15, -0.1) is 0 Å². The molecule has 1 aromatic carbocycles. The van der Waals surface area contributed by atoms with E-state index in [1.807, 2.05) is 12.1 Å². The van der Waals surface area contributed by atoms with Gasteiger partial charge in [0, 0.05) is 37.9 Å². The maximum Gasteiger partial charge on any atom is 0.0925 e. The summed E-state index contributed by atoms with van der Waals surface area (Å²) in [4.78, 5) is 14.3. The van der Waals surface area contributed by atoms with Crippen molar-refractivity contribution >= 4 is 11.6 Å². The number of H-pyrrole nitrogens is 1. The molecule has 1 N–H and O–H groups in total. The van der Waals surface area contributed by atoms with Crippen LogP contribution >= 0.6 is 11.6 Å². The number of fused-ring (bicyclic) bond motifs is 1. The number of hydrogen-bond acceptors (Lipinski definition) is 3. The van der Waals surface area contributed by atoms with Crippen molar-refractivity contribution in [3.05, 3.63) is 82.7 Å². The molecule has 0 saturated heterocycles. The number of nitrogens with zero attached hydrogens (tertiary/aromatic N) is 3. The molecule has 23 heavy (non-hydrogen) atoms. The van der Waals surface area contributed by atoms with Gasteiger partial charge < -0.3 is 4.98 Å². The third-order valence-corrected chi connectivity index (χ3v) is 4.70. The van der Waals surface area contributed by atoms with Gasteiger partial charge in [0.1, 0.15) is 0 Å². The molecule has 0 amide bonds. The summed E-state index contributed by atoms with van der Waals surface area (Å²) >= 11 is 6.27. The number of hydrogen-bond donors (Lipinski definition) is 1. The van der Waals surface area contributed by atoms with Gasteiger partial charge in [-0.05, 0) is 17.2 Å². The van der Waals surface area contributed by atoms with Crippen LogP contribution in [0.5, 0.6) is 0 Å². The molecular formula is C18H17ClN4. The second-order valence-corrected chi connectivity index (χ2v) is 6.27. The van der Waals surface area contributed by atoms with Crippen LogP contribution in [-0.2, 0) is 13.1 Å². The zero-order valence-corrected chi connectivity index (χ0v) is 13.4. The number of nitrogens with one attached hydrogen (secondary N) is 1. The zero-order valence-electron chi connectivity index (χ0n) is 12.6. The van der Waals surface area contributed by atoms with Crippen molar-refractivity contribution in [1.29, 1.82) is 0 Å². The fourth-order valence-corrected chi connectivity index (χ4v) is 3.41. The van der Waals surface area contributed by atoms with Crippen LogP contribution in [0.1, 0.15) is 28.4 Å². The van der Waals surface area contributed by atoms with E-state index in [1.54, 1.807) is 18.7 Å². The highest BCUT2D eigenvalue weighted by Gasteiger charge is 2.28. The quantitative estimate of drug-likeness (QED) is 0.800. The summed E-state index contributed by atoms with van der Waals surface area (Å²) in [5.74, 6) is 0.284. The zero-order chi connectivity index (χ0) is 15.6. The number of rotatable bonds is 3. The minimum Gasteiger partial charge on any atom is -0.347 e. The lowest BCUT2D eigenvalue weighted by Gasteiger charge is -2.32. The van der Waals surface area contributed by atoms with E-state index in [-0.39, 0.29) is 5.92 Å². The van der Waals surface area contributed by atoms with Crippen molar-refractivity contribution in [3.63, 3.8) is 0 Å². The molecule has 1 atom stereocenters. The number of aromatic nitrogens is 3. The largest absolute Gasteiger partial charge is 0.347 e. The van der Waals surface area contributed by atoms with Gasteiger partial charge in [0.25, 0.3) is 0 Å². The number of benzene rings is 1. The predicted octanol–water partition coefficient (Wildman–Crippen LogP) is 3.61. The molecule has 0 radical (unpaired) electrons. The van der Waals surface area contributed by atoms with Gasteiger partial charge in [0.15, 0.2) is 0 Å². The molecule has 3 aromatic rings. The minimum atomic E-state index is 0.284. The minimum absolute atomic E-state index is 0.284. The van der Waals surface area contributed by atoms with Crippen LogP contribution in [0.4, 0.5) is 0 Å². The SMILES string of the molecule is Clc1cnccc1CN1Cc2[nH]cnc2C(c2ccccc2)C1. The Morgan fingerprint density at radius 2 is 2.09 bits per heavy atom. The van der Waals surface area contributed by atoms with Gasteiger partial charge in [-0.2, -0.15) is 0 Å². The summed E-state index contributed by atoms with van der Waals surface area (Å²) in [6, 6.07) is 12.5. The molecule has 4 rings (SSSR count). The first kappa shape index (κ1) is 14.4. The average molecular weight is 325 g/mol. The van der Waals surface area contributed by atoms with Crippen molar-refractivity contribution in [2.75, 3.05) is 6.54 Å². The molecule has 0 spiro atoms. The maximum absolute atomic E-state index is 6.27. The summed E-state index contributed by atoms with van der Waals surface area (Å²) in [5, 5.41) is 0.721. The van der Waals surface area contributed by atoms with E-state index in [0.717, 1.165) is 35.9 Å². The lowest BCUT2D eigenvalue weighted by Crippen LogP contribution is -2.34. The average Bonchev–Trinajstić information content (AvgIpc) is 3.05. The second-order valence-electron chi connectivity index (χ2n) is 5.87. The van der Waals surface area contributed by atoms with E-state index in [0.29, 0.717) is 0 Å². The van der Waals surface area contributed by atoms with Crippen LogP contribution in [0, 0.1) is 0 Å². The molecule has 0 fully saturated rings. The van der Waals surface area contributed by atoms with Crippen LogP contribution in [0.2, 0.25) is 5.02 Å². The van der Waals surface area contributed by atoms with Gasteiger partial charge >= 0.3 is 0 Å². The van der Waals surface area contributed by atoms with Gasteiger partial charge in [0.2, 0.25) is 0 Å². The lowest BCUT2D eigenvalue weighted by atomic mass is 9.91. The van der Waals surface area contributed by atoms with E-state index < -0.39 is 0 Å². The van der Waals surface area contributed by atoms with Crippen LogP contribution < -0.4 is 0 Å². The Kier molecular flexibility index (Phi) is 3.85. The summed E-state index contributed by atoms with van der Waals surface area (Å²) in [5.41, 5.74) is 4.76. The summed E-state index contributed by atoms with van der Waals surface area (Å²) in [6.07, 6.45) is 5.29. The Morgan fingerprint density at radius 3 is 2.91 bits per heavy atom. The highest BCUT2D eigenvalue weighted by molar-refractivity contribution is 6.31. The molecule has 0 bridgehead atoms. The molecule has 0 aliphatic carbocycles. The third kappa shape index (κ3) is 2.87. The molecule has 3 heterocycles. The standard InChI is InChI=1S/C18H17ClN4/c19-16-8-20-7-6-14(16)9-23-10-15(13-4-2-1-3-5-13)18-17(11-23)21-12-22-18/h1-8,12,15H,9-11H2,(H,21,22). The number of aromatic amines is 1. The second kappa shape index (κ2) is 6.14. The van der Waals surface area contributed by atoms with Gasteiger partial charge in [-0.25, -0.2) is 4.98 Å². The third-order valence-electron chi connectivity index (χ3n) is 4.36. The van der Waals surface area contributed by atoms with E-state index in [1.165, 1.54) is 11.3 Å². The van der Waals surface area contributed by atoms with Gasteiger partial charge in [-0.3, -0.25) is 9.88 Å². The van der Waals surface area contributed by atoms with Crippen LogP contribution in [0.15, 0.2) is 55.1 Å². The van der Waals surface area contributed by atoms with E-state index >= 15 is 0 Å². The first-order valence-electron chi connectivity index (χ1n) is 7.69. The summed E-state index contributed by atoms with van der Waals surface area (Å²) < 4.78 is 0. The Hall–Kier alpha value is -2.17. The van der Waals surface area contributed by atoms with Crippen molar-refractivity contribution in [3.8, 4) is 0 Å². The Labute approximate surface area is 140 Å². The van der Waals surface area contributed by atoms with E-state index in [9.17, 15) is 0 Å². The molecule has 116 valence electrons. The fraction of sp³-hybridized carbons (Fsp3) is 0.222. The van der Waals surface area contributed by atoms with Crippen molar-refractivity contribution in [1.82, 2.24) is 19.9 Å². The summed E-state index contributed by atoms with van der Waals surface area (Å²) in [6.45, 7) is 2.60. The topological polar surface area (TPSA) is 44.8 Å². The lowest BCUT2D eigenvalue weighted by molar-refractivity contribution is 0.228. The summed E-state index contributed by atoms with van der Waals surface area (Å²) in [7, 11) is 0. The Morgan fingerprint density at radius 1 is 1.22 bits per heavy atom. The van der Waals surface area contributed by atoms with E-state index in [4.69, 9.17) is 11.6 Å². The molecule has 1 aliphatic heterocycles. The molecular weight excluding hydrogens is 308 g/mol. The molecule has 1 unspecified atom stereocenters. The van der Waals surface area contributed by atoms with Gasteiger partial charge in [0.05, 0.1) is 22.7 Å². The predicted molar refractivity (Wildman–Crippen MR) is 90.2 cm³/mol. The number of pyridine rings is 1. The molecule has 4 nitrogen and oxygen atoms in total. The number of halogens is 1. The highest BCUT2D eigenvalue weighted by Crippen LogP contribution is 2.32. The smallest absolute Gasteiger partial charge is 0.0925 e. The normalized spacial score (nSPS) is 17.9. The van der Waals surface area contributed by atoms with Crippen molar-refractivity contribution in [2.24, 2.45) is 0 Å². The van der Waals surface area contributed by atoms with Crippen LogP contribution in [-0.4, -0.2) is 26.4 Å². The van der Waals surface area contributed by atoms with Crippen LogP contribution in [0.3, 0.4) is 0 Å². The van der Waals surface area contributed by atoms with Crippen molar-refractivity contribution < 1.29 is 0 Å². The Balaban J connectivity index is 1.64. The monoisotopic (exact) mass is 324 g/mol. The molecule has 0 saturated carbocycles. The molecule has 2 aromatic heterocycles. The number of imidazole rings is 1. The highest BCUT2D eigenvalue weighted by atomic mass is 35.5. The maximum atomic E-state index is 6.27. The van der Waals surface area contributed by atoms with Crippen molar-refractivity contribution in [2.45, 2.75) is 19.0 Å². The Bertz CT molecular complexity index is 800. The molecule has 5 heteroatoms. The van der Waals surface area contributed by atoms with E-state index in [2.05, 4.69) is 44.1 Å². The van der Waals surface area contributed by atoms with Gasteiger partial charge in [-0.1, -0.05) is 41.9 Å². The fourth-order valence-electron chi connectivity index (χ4n) is 3.23. The first-order chi connectivity index (χ1) is 11.3. The first-order valence-corrected chi connectivity index (χ1v) is 8.07. The molecule has 1 aliphatic rings.